The Morgan fingerprint density at radius 2 is 2.11 bits per heavy atom. The average molecular weight is 262 g/mol. The lowest BCUT2D eigenvalue weighted by atomic mass is 10.0. The van der Waals surface area contributed by atoms with Crippen LogP contribution in [0.1, 0.15) is 31.9 Å². The maximum atomic E-state index is 11.9. The summed E-state index contributed by atoms with van der Waals surface area (Å²) in [5, 5.41) is 6.17. The average Bonchev–Trinajstić information content (AvgIpc) is 2.41. The van der Waals surface area contributed by atoms with Gasteiger partial charge < -0.3 is 15.4 Å². The van der Waals surface area contributed by atoms with E-state index in [0.29, 0.717) is 0 Å². The van der Waals surface area contributed by atoms with E-state index in [0.717, 1.165) is 25.1 Å². The second-order valence-electron chi connectivity index (χ2n) is 5.28. The quantitative estimate of drug-likeness (QED) is 0.819. The molecular formula is C15H22N2O2. The molecule has 0 aliphatic carbocycles. The van der Waals surface area contributed by atoms with E-state index in [4.69, 9.17) is 4.74 Å². The number of amides is 1. The van der Waals surface area contributed by atoms with Crippen molar-refractivity contribution in [3.63, 3.8) is 0 Å². The number of ether oxygens (including phenoxy) is 1. The van der Waals surface area contributed by atoms with Gasteiger partial charge in [0.05, 0.1) is 11.6 Å². The first kappa shape index (κ1) is 14.0. The minimum atomic E-state index is -0.175. The second-order valence-corrected chi connectivity index (χ2v) is 5.28. The van der Waals surface area contributed by atoms with Gasteiger partial charge in [-0.1, -0.05) is 37.3 Å². The van der Waals surface area contributed by atoms with Crippen molar-refractivity contribution in [2.45, 2.75) is 31.9 Å². The first-order chi connectivity index (χ1) is 9.13. The predicted octanol–water partition coefficient (Wildman–Crippen LogP) is 1.63. The molecule has 1 amide bonds. The highest BCUT2D eigenvalue weighted by Gasteiger charge is 2.33. The minimum Gasteiger partial charge on any atom is -0.363 e. The molecule has 19 heavy (non-hydrogen) atoms. The summed E-state index contributed by atoms with van der Waals surface area (Å²) < 4.78 is 5.63. The van der Waals surface area contributed by atoms with Gasteiger partial charge in [-0.3, -0.25) is 4.79 Å². The first-order valence-electron chi connectivity index (χ1n) is 6.82. The van der Waals surface area contributed by atoms with Crippen LogP contribution < -0.4 is 10.6 Å². The van der Waals surface area contributed by atoms with Gasteiger partial charge in [-0.05, 0) is 18.9 Å². The molecular weight excluding hydrogens is 240 g/mol. The third kappa shape index (κ3) is 3.78. The molecule has 4 heteroatoms. The van der Waals surface area contributed by atoms with Crippen molar-refractivity contribution in [3.8, 4) is 0 Å². The van der Waals surface area contributed by atoms with Crippen LogP contribution in [-0.2, 0) is 9.53 Å². The molecule has 1 aromatic rings. The maximum absolute atomic E-state index is 11.9. The molecule has 0 saturated carbocycles. The van der Waals surface area contributed by atoms with Gasteiger partial charge in [-0.2, -0.15) is 0 Å². The Kier molecular flexibility index (Phi) is 4.56. The van der Waals surface area contributed by atoms with Crippen molar-refractivity contribution >= 4 is 5.91 Å². The van der Waals surface area contributed by atoms with Crippen LogP contribution in [-0.4, -0.2) is 31.2 Å². The zero-order valence-corrected chi connectivity index (χ0v) is 11.6. The summed E-state index contributed by atoms with van der Waals surface area (Å²) in [5.41, 5.74) is 0.959. The monoisotopic (exact) mass is 262 g/mol. The number of hydrogen-bond acceptors (Lipinski definition) is 3. The molecule has 4 nitrogen and oxygen atoms in total. The van der Waals surface area contributed by atoms with Crippen molar-refractivity contribution < 1.29 is 9.53 Å². The summed E-state index contributed by atoms with van der Waals surface area (Å²) >= 11 is 0. The highest BCUT2D eigenvalue weighted by Crippen LogP contribution is 2.17. The van der Waals surface area contributed by atoms with Gasteiger partial charge in [0.1, 0.15) is 6.61 Å². The summed E-state index contributed by atoms with van der Waals surface area (Å²) in [5.74, 6) is -0.0520. The standard InChI is InChI=1S/C15H22N2O2/c1-3-13(12-7-5-4-6-8-12)17-14(18)9-19-15(2)10-16-11-15/h4-8,13,16H,3,9-11H2,1-2H3,(H,17,18). The molecule has 1 heterocycles. The van der Waals surface area contributed by atoms with Gasteiger partial charge in [0.25, 0.3) is 0 Å². The smallest absolute Gasteiger partial charge is 0.246 e. The van der Waals surface area contributed by atoms with Crippen LogP contribution >= 0.6 is 0 Å². The Labute approximate surface area is 114 Å². The maximum Gasteiger partial charge on any atom is 0.246 e. The van der Waals surface area contributed by atoms with E-state index in [2.05, 4.69) is 17.6 Å². The molecule has 0 bridgehead atoms. The van der Waals surface area contributed by atoms with Crippen LogP contribution in [0.4, 0.5) is 0 Å². The molecule has 1 aliphatic heterocycles. The van der Waals surface area contributed by atoms with Gasteiger partial charge in [-0.15, -0.1) is 0 Å². The summed E-state index contributed by atoms with van der Waals surface area (Å²) in [6.45, 7) is 5.84. The zero-order chi connectivity index (χ0) is 13.7. The fourth-order valence-electron chi connectivity index (χ4n) is 2.16. The van der Waals surface area contributed by atoms with Crippen molar-refractivity contribution in [1.82, 2.24) is 10.6 Å². The van der Waals surface area contributed by atoms with Crippen LogP contribution in [0.25, 0.3) is 0 Å². The number of benzene rings is 1. The summed E-state index contributed by atoms with van der Waals surface area (Å²) in [4.78, 5) is 11.9. The van der Waals surface area contributed by atoms with Crippen LogP contribution in [0.3, 0.4) is 0 Å². The molecule has 1 fully saturated rings. The fourth-order valence-corrected chi connectivity index (χ4v) is 2.16. The van der Waals surface area contributed by atoms with Crippen LogP contribution in [0.2, 0.25) is 0 Å². The third-order valence-corrected chi connectivity index (χ3v) is 3.50. The largest absolute Gasteiger partial charge is 0.363 e. The van der Waals surface area contributed by atoms with Gasteiger partial charge >= 0.3 is 0 Å². The molecule has 2 N–H and O–H groups in total. The Hall–Kier alpha value is -1.39. The topological polar surface area (TPSA) is 50.4 Å². The normalized spacial score (nSPS) is 18.4. The number of nitrogens with one attached hydrogen (secondary N) is 2. The van der Waals surface area contributed by atoms with Crippen molar-refractivity contribution in [1.29, 1.82) is 0 Å². The van der Waals surface area contributed by atoms with E-state index in [1.165, 1.54) is 0 Å². The highest BCUT2D eigenvalue weighted by molar-refractivity contribution is 5.77. The van der Waals surface area contributed by atoms with E-state index in [1.807, 2.05) is 37.3 Å². The van der Waals surface area contributed by atoms with E-state index in [-0.39, 0.29) is 24.2 Å². The van der Waals surface area contributed by atoms with Gasteiger partial charge in [-0.25, -0.2) is 0 Å². The van der Waals surface area contributed by atoms with E-state index >= 15 is 0 Å². The lowest BCUT2D eigenvalue weighted by Gasteiger charge is -2.38. The van der Waals surface area contributed by atoms with Gasteiger partial charge in [0.15, 0.2) is 0 Å². The molecule has 1 unspecified atom stereocenters. The SMILES string of the molecule is CCC(NC(=O)COC1(C)CNC1)c1ccccc1. The molecule has 104 valence electrons. The Balaban J connectivity index is 1.83. The van der Waals surface area contributed by atoms with Crippen LogP contribution in [0, 0.1) is 0 Å². The molecule has 1 saturated heterocycles. The Bertz CT molecular complexity index is 415. The van der Waals surface area contributed by atoms with Gasteiger partial charge in [0, 0.05) is 13.1 Å². The Morgan fingerprint density at radius 3 is 2.63 bits per heavy atom. The highest BCUT2D eigenvalue weighted by atomic mass is 16.5. The van der Waals surface area contributed by atoms with Crippen LogP contribution in [0.15, 0.2) is 30.3 Å². The lowest BCUT2D eigenvalue weighted by molar-refractivity contribution is -0.136. The van der Waals surface area contributed by atoms with E-state index < -0.39 is 0 Å². The second kappa shape index (κ2) is 6.17. The number of carbonyl (C=O) groups excluding carboxylic acids is 1. The summed E-state index contributed by atoms with van der Waals surface area (Å²) in [6.07, 6.45) is 0.870. The number of hydrogen-bond donors (Lipinski definition) is 2. The molecule has 1 atom stereocenters. The van der Waals surface area contributed by atoms with Gasteiger partial charge in [0.2, 0.25) is 5.91 Å². The summed E-state index contributed by atoms with van der Waals surface area (Å²) in [6, 6.07) is 10.1. The van der Waals surface area contributed by atoms with Crippen molar-refractivity contribution in [3.05, 3.63) is 35.9 Å². The fraction of sp³-hybridized carbons (Fsp3) is 0.533. The molecule has 0 aromatic heterocycles. The van der Waals surface area contributed by atoms with Crippen molar-refractivity contribution in [2.75, 3.05) is 19.7 Å². The molecule has 0 spiro atoms. The summed E-state index contributed by atoms with van der Waals surface area (Å²) in [7, 11) is 0. The lowest BCUT2D eigenvalue weighted by Crippen LogP contribution is -2.59. The van der Waals surface area contributed by atoms with E-state index in [1.54, 1.807) is 0 Å². The molecule has 2 rings (SSSR count). The number of rotatable bonds is 6. The molecule has 0 radical (unpaired) electrons. The number of carbonyl (C=O) groups is 1. The van der Waals surface area contributed by atoms with E-state index in [9.17, 15) is 4.79 Å². The molecule has 1 aromatic carbocycles. The Morgan fingerprint density at radius 1 is 1.42 bits per heavy atom. The zero-order valence-electron chi connectivity index (χ0n) is 11.6. The predicted molar refractivity (Wildman–Crippen MR) is 74.8 cm³/mol. The molecule has 1 aliphatic rings. The van der Waals surface area contributed by atoms with Crippen LogP contribution in [0.5, 0.6) is 0 Å². The first-order valence-corrected chi connectivity index (χ1v) is 6.82. The van der Waals surface area contributed by atoms with Crippen molar-refractivity contribution in [2.24, 2.45) is 0 Å². The minimum absolute atomic E-state index is 0.0520. The third-order valence-electron chi connectivity index (χ3n) is 3.50.